The Labute approximate surface area is 233 Å². The number of benzene rings is 3. The van der Waals surface area contributed by atoms with E-state index in [2.05, 4.69) is 26.1 Å². The Hall–Kier alpha value is -3.25. The molecule has 0 saturated heterocycles. The minimum atomic E-state index is -4.03. The predicted molar refractivity (Wildman–Crippen MR) is 161 cm³/mol. The summed E-state index contributed by atoms with van der Waals surface area (Å²) in [5.41, 5.74) is 4.26. The van der Waals surface area contributed by atoms with E-state index < -0.39 is 9.84 Å². The molecule has 0 aliphatic carbocycles. The van der Waals surface area contributed by atoms with Gasteiger partial charge in [-0.05, 0) is 59.1 Å². The maximum atomic E-state index is 14.8. The van der Waals surface area contributed by atoms with Crippen molar-refractivity contribution in [3.05, 3.63) is 76.9 Å². The van der Waals surface area contributed by atoms with Crippen molar-refractivity contribution in [1.82, 2.24) is 10.3 Å². The molecule has 0 fully saturated rings. The number of hydrogen-bond donors (Lipinski definition) is 1. The van der Waals surface area contributed by atoms with E-state index in [1.807, 2.05) is 64.1 Å². The highest BCUT2D eigenvalue weighted by atomic mass is 32.2. The average molecular weight is 545 g/mol. The second-order valence-electron chi connectivity index (χ2n) is 11.3. The zero-order chi connectivity index (χ0) is 28.5. The molecule has 5 nitrogen and oxygen atoms in total. The van der Waals surface area contributed by atoms with E-state index in [-0.39, 0.29) is 28.6 Å². The highest BCUT2D eigenvalue weighted by Crippen LogP contribution is 2.41. The van der Waals surface area contributed by atoms with Crippen molar-refractivity contribution < 1.29 is 13.2 Å². The Morgan fingerprint density at radius 3 is 2.05 bits per heavy atom. The third-order valence-electron chi connectivity index (χ3n) is 7.35. The van der Waals surface area contributed by atoms with Crippen LogP contribution >= 0.6 is 0 Å². The third kappa shape index (κ3) is 5.44. The molecule has 4 rings (SSSR count). The van der Waals surface area contributed by atoms with Crippen LogP contribution in [0.4, 0.5) is 0 Å². The highest BCUT2D eigenvalue weighted by molar-refractivity contribution is 7.91. The van der Waals surface area contributed by atoms with E-state index in [4.69, 9.17) is 4.98 Å². The number of unbranched alkanes of at least 4 members (excludes halogenated alkanes) is 1. The van der Waals surface area contributed by atoms with Gasteiger partial charge in [-0.25, -0.2) is 13.4 Å². The van der Waals surface area contributed by atoms with E-state index in [9.17, 15) is 13.2 Å². The number of para-hydroxylation sites is 1. The number of rotatable bonds is 9. The number of aromatic nitrogens is 1. The SMILES string of the molecule is CCCCNC(=O)c1c2ccccc2nc2cccc(S(=O)(=O)c3c(C(C)C)cc(C(C)C)cc3C(C)C)c12. The first kappa shape index (κ1) is 28.8. The van der Waals surface area contributed by atoms with E-state index >= 15 is 0 Å². The lowest BCUT2D eigenvalue weighted by Gasteiger charge is -2.23. The summed E-state index contributed by atoms with van der Waals surface area (Å²) >= 11 is 0. The van der Waals surface area contributed by atoms with E-state index in [0.29, 0.717) is 38.8 Å². The number of sulfone groups is 1. The summed E-state index contributed by atoms with van der Waals surface area (Å²) in [5.74, 6) is -0.0187. The van der Waals surface area contributed by atoms with Crippen LogP contribution in [0, 0.1) is 0 Å². The Bertz CT molecular complexity index is 1610. The van der Waals surface area contributed by atoms with Gasteiger partial charge in [-0.3, -0.25) is 4.79 Å². The van der Waals surface area contributed by atoms with Gasteiger partial charge in [-0.15, -0.1) is 0 Å². The largest absolute Gasteiger partial charge is 0.352 e. The molecule has 0 saturated carbocycles. The molecule has 0 aliphatic heterocycles. The van der Waals surface area contributed by atoms with Crippen LogP contribution in [0.3, 0.4) is 0 Å². The van der Waals surface area contributed by atoms with Gasteiger partial charge in [0.15, 0.2) is 0 Å². The summed E-state index contributed by atoms with van der Waals surface area (Å²) in [6, 6.07) is 16.7. The second kappa shape index (κ2) is 11.5. The van der Waals surface area contributed by atoms with Crippen molar-refractivity contribution in [3.63, 3.8) is 0 Å². The van der Waals surface area contributed by atoms with Crippen molar-refractivity contribution in [1.29, 1.82) is 0 Å². The normalized spacial score (nSPS) is 12.3. The number of amides is 1. The lowest BCUT2D eigenvalue weighted by atomic mass is 9.89. The first-order valence-electron chi connectivity index (χ1n) is 14.0. The monoisotopic (exact) mass is 544 g/mol. The lowest BCUT2D eigenvalue weighted by Crippen LogP contribution is -2.25. The Morgan fingerprint density at radius 2 is 1.46 bits per heavy atom. The smallest absolute Gasteiger partial charge is 0.252 e. The van der Waals surface area contributed by atoms with E-state index in [1.54, 1.807) is 18.2 Å². The van der Waals surface area contributed by atoms with Crippen LogP contribution in [-0.2, 0) is 9.84 Å². The van der Waals surface area contributed by atoms with Gasteiger partial charge in [0.25, 0.3) is 5.91 Å². The molecule has 0 atom stereocenters. The van der Waals surface area contributed by atoms with Crippen molar-refractivity contribution >= 4 is 37.6 Å². The molecule has 0 bridgehead atoms. The second-order valence-corrected chi connectivity index (χ2v) is 13.1. The Kier molecular flexibility index (Phi) is 8.45. The van der Waals surface area contributed by atoms with Crippen LogP contribution in [0.1, 0.15) is 106 Å². The molecule has 39 heavy (non-hydrogen) atoms. The lowest BCUT2D eigenvalue weighted by molar-refractivity contribution is 0.0956. The predicted octanol–water partition coefficient (Wildman–Crippen LogP) is 8.12. The molecule has 1 amide bonds. The maximum Gasteiger partial charge on any atom is 0.252 e. The molecule has 206 valence electrons. The zero-order valence-electron chi connectivity index (χ0n) is 24.1. The fourth-order valence-corrected chi connectivity index (χ4v) is 7.31. The zero-order valence-corrected chi connectivity index (χ0v) is 24.9. The number of carbonyl (C=O) groups excluding carboxylic acids is 1. The molecule has 1 aromatic heterocycles. The topological polar surface area (TPSA) is 76.1 Å². The molecular weight excluding hydrogens is 504 g/mol. The van der Waals surface area contributed by atoms with Gasteiger partial charge in [0.1, 0.15) is 0 Å². The molecule has 0 radical (unpaired) electrons. The summed E-state index contributed by atoms with van der Waals surface area (Å²) < 4.78 is 29.6. The fraction of sp³-hybridized carbons (Fsp3) is 0.394. The minimum absolute atomic E-state index is 0.00304. The first-order valence-corrected chi connectivity index (χ1v) is 15.5. The number of fused-ring (bicyclic) bond motifs is 2. The van der Waals surface area contributed by atoms with Crippen LogP contribution < -0.4 is 5.32 Å². The van der Waals surface area contributed by atoms with Crippen LogP contribution in [-0.4, -0.2) is 25.9 Å². The molecular formula is C33H40N2O3S. The summed E-state index contributed by atoms with van der Waals surface area (Å²) in [6.07, 6.45) is 1.79. The molecule has 1 heterocycles. The third-order valence-corrected chi connectivity index (χ3v) is 9.28. The molecule has 1 N–H and O–H groups in total. The van der Waals surface area contributed by atoms with Gasteiger partial charge in [0.2, 0.25) is 9.84 Å². The molecule has 4 aromatic rings. The Balaban J connectivity index is 2.12. The minimum Gasteiger partial charge on any atom is -0.352 e. The first-order chi connectivity index (χ1) is 18.5. The molecule has 3 aromatic carbocycles. The molecule has 6 heteroatoms. The summed E-state index contributed by atoms with van der Waals surface area (Å²) in [4.78, 5) is 19.0. The number of nitrogens with zero attached hydrogens (tertiary/aromatic N) is 1. The standard InChI is InChI=1S/C33H40N2O3S/c1-8-9-17-34-33(36)30-24-13-10-11-14-27(24)35-28-15-12-16-29(31(28)30)39(37,38)32-25(21(4)5)18-23(20(2)3)19-26(32)22(6)7/h10-16,18-22H,8-9,17H2,1-7H3,(H,34,36). The quantitative estimate of drug-likeness (QED) is 0.170. The van der Waals surface area contributed by atoms with Gasteiger partial charge < -0.3 is 5.32 Å². The van der Waals surface area contributed by atoms with Gasteiger partial charge in [0.05, 0.1) is 26.4 Å². The van der Waals surface area contributed by atoms with Gasteiger partial charge in [0, 0.05) is 17.3 Å². The summed E-state index contributed by atoms with van der Waals surface area (Å²) in [7, 11) is -4.03. The number of hydrogen-bond acceptors (Lipinski definition) is 4. The summed E-state index contributed by atoms with van der Waals surface area (Å²) in [5, 5.41) is 4.04. The van der Waals surface area contributed by atoms with Gasteiger partial charge >= 0.3 is 0 Å². The number of pyridine rings is 1. The van der Waals surface area contributed by atoms with E-state index in [1.165, 1.54) is 0 Å². The maximum absolute atomic E-state index is 14.8. The highest BCUT2D eigenvalue weighted by Gasteiger charge is 2.32. The van der Waals surface area contributed by atoms with Crippen molar-refractivity contribution in [3.8, 4) is 0 Å². The van der Waals surface area contributed by atoms with Gasteiger partial charge in [-0.1, -0.05) is 91.3 Å². The molecule has 0 spiro atoms. The van der Waals surface area contributed by atoms with Crippen LogP contribution in [0.5, 0.6) is 0 Å². The van der Waals surface area contributed by atoms with Gasteiger partial charge in [-0.2, -0.15) is 0 Å². The van der Waals surface area contributed by atoms with Crippen LogP contribution in [0.25, 0.3) is 21.8 Å². The molecule has 0 unspecified atom stereocenters. The van der Waals surface area contributed by atoms with Crippen LogP contribution in [0.15, 0.2) is 64.4 Å². The van der Waals surface area contributed by atoms with Crippen molar-refractivity contribution in [2.24, 2.45) is 0 Å². The molecule has 0 aliphatic rings. The average Bonchev–Trinajstić information content (AvgIpc) is 2.90. The number of nitrogens with one attached hydrogen (secondary N) is 1. The van der Waals surface area contributed by atoms with Crippen LogP contribution in [0.2, 0.25) is 0 Å². The van der Waals surface area contributed by atoms with E-state index in [0.717, 1.165) is 29.5 Å². The number of carbonyl (C=O) groups is 1. The van der Waals surface area contributed by atoms with Crippen molar-refractivity contribution in [2.75, 3.05) is 6.54 Å². The fourth-order valence-electron chi connectivity index (χ4n) is 5.15. The van der Waals surface area contributed by atoms with Crippen molar-refractivity contribution in [2.45, 2.75) is 88.9 Å². The Morgan fingerprint density at radius 1 is 0.846 bits per heavy atom. The summed E-state index contributed by atoms with van der Waals surface area (Å²) in [6.45, 7) is 15.0.